The fourth-order valence-corrected chi connectivity index (χ4v) is 1.89. The van der Waals surface area contributed by atoms with Gasteiger partial charge in [0.15, 0.2) is 0 Å². The average molecular weight is 181 g/mol. The Bertz CT molecular complexity index is 210. The number of hydrogen-bond donors (Lipinski definition) is 0. The molecule has 2 nitrogen and oxygen atoms in total. The van der Waals surface area contributed by atoms with Crippen molar-refractivity contribution in [3.63, 3.8) is 0 Å². The van der Waals surface area contributed by atoms with Crippen molar-refractivity contribution in [3.05, 3.63) is 12.7 Å². The Kier molecular flexibility index (Phi) is 3.12. The Morgan fingerprint density at radius 3 is 2.69 bits per heavy atom. The van der Waals surface area contributed by atoms with Gasteiger partial charge in [-0.05, 0) is 12.3 Å². The molecule has 0 aromatic rings. The molecule has 0 spiro atoms. The SMILES string of the molecule is C=CC1CC(C)CN1C(=O)C(C)C. The maximum Gasteiger partial charge on any atom is 0.225 e. The topological polar surface area (TPSA) is 20.3 Å². The zero-order chi connectivity index (χ0) is 10.0. The molecule has 2 unspecified atom stereocenters. The summed E-state index contributed by atoms with van der Waals surface area (Å²) < 4.78 is 0. The maximum absolute atomic E-state index is 11.7. The van der Waals surface area contributed by atoms with Crippen molar-refractivity contribution in [1.29, 1.82) is 0 Å². The van der Waals surface area contributed by atoms with Crippen molar-refractivity contribution >= 4 is 5.91 Å². The first-order valence-electron chi connectivity index (χ1n) is 4.99. The second kappa shape index (κ2) is 3.95. The van der Waals surface area contributed by atoms with E-state index in [1.54, 1.807) is 0 Å². The van der Waals surface area contributed by atoms with Gasteiger partial charge in [0.05, 0.1) is 6.04 Å². The Morgan fingerprint density at radius 1 is 1.62 bits per heavy atom. The second-order valence-electron chi connectivity index (χ2n) is 4.29. The van der Waals surface area contributed by atoms with Crippen molar-refractivity contribution in [2.24, 2.45) is 11.8 Å². The zero-order valence-corrected chi connectivity index (χ0v) is 8.79. The molecular weight excluding hydrogens is 162 g/mol. The van der Waals surface area contributed by atoms with Crippen LogP contribution in [0.15, 0.2) is 12.7 Å². The van der Waals surface area contributed by atoms with Gasteiger partial charge in [-0.15, -0.1) is 6.58 Å². The molecule has 1 heterocycles. The molecule has 74 valence electrons. The Labute approximate surface area is 80.6 Å². The molecule has 2 heteroatoms. The van der Waals surface area contributed by atoms with Crippen molar-refractivity contribution in [2.45, 2.75) is 33.2 Å². The summed E-state index contributed by atoms with van der Waals surface area (Å²) in [5.41, 5.74) is 0. The lowest BCUT2D eigenvalue weighted by Crippen LogP contribution is -2.37. The molecule has 0 N–H and O–H groups in total. The van der Waals surface area contributed by atoms with Gasteiger partial charge < -0.3 is 4.90 Å². The van der Waals surface area contributed by atoms with Gasteiger partial charge in [0.1, 0.15) is 0 Å². The van der Waals surface area contributed by atoms with Crippen LogP contribution in [0.3, 0.4) is 0 Å². The Balaban J connectivity index is 2.68. The first-order valence-corrected chi connectivity index (χ1v) is 4.99. The third kappa shape index (κ3) is 2.11. The van der Waals surface area contributed by atoms with Crippen LogP contribution in [0.2, 0.25) is 0 Å². The minimum Gasteiger partial charge on any atom is -0.336 e. The van der Waals surface area contributed by atoms with E-state index in [0.717, 1.165) is 13.0 Å². The van der Waals surface area contributed by atoms with Crippen LogP contribution in [0, 0.1) is 11.8 Å². The number of hydrogen-bond acceptors (Lipinski definition) is 1. The lowest BCUT2D eigenvalue weighted by atomic mass is 10.1. The highest BCUT2D eigenvalue weighted by molar-refractivity contribution is 5.79. The van der Waals surface area contributed by atoms with E-state index in [4.69, 9.17) is 0 Å². The average Bonchev–Trinajstić information content (AvgIpc) is 2.45. The van der Waals surface area contributed by atoms with Crippen LogP contribution in [0.25, 0.3) is 0 Å². The number of rotatable bonds is 2. The first kappa shape index (κ1) is 10.3. The van der Waals surface area contributed by atoms with Crippen LogP contribution >= 0.6 is 0 Å². The lowest BCUT2D eigenvalue weighted by Gasteiger charge is -2.23. The second-order valence-corrected chi connectivity index (χ2v) is 4.29. The lowest BCUT2D eigenvalue weighted by molar-refractivity contribution is -0.134. The molecule has 0 aliphatic carbocycles. The molecule has 0 radical (unpaired) electrons. The molecule has 0 saturated carbocycles. The smallest absolute Gasteiger partial charge is 0.225 e. The normalized spacial score (nSPS) is 28.2. The van der Waals surface area contributed by atoms with Crippen molar-refractivity contribution in [3.8, 4) is 0 Å². The number of carbonyl (C=O) groups excluding carboxylic acids is 1. The Hall–Kier alpha value is -0.790. The summed E-state index contributed by atoms with van der Waals surface area (Å²) in [6.07, 6.45) is 2.96. The third-order valence-corrected chi connectivity index (χ3v) is 2.60. The summed E-state index contributed by atoms with van der Waals surface area (Å²) in [4.78, 5) is 13.7. The predicted molar refractivity (Wildman–Crippen MR) is 54.3 cm³/mol. The van der Waals surface area contributed by atoms with Crippen molar-refractivity contribution < 1.29 is 4.79 Å². The first-order chi connectivity index (χ1) is 6.06. The van der Waals surface area contributed by atoms with E-state index in [-0.39, 0.29) is 17.9 Å². The maximum atomic E-state index is 11.7. The number of amides is 1. The summed E-state index contributed by atoms with van der Waals surface area (Å²) in [5.74, 6) is 0.979. The highest BCUT2D eigenvalue weighted by Gasteiger charge is 2.31. The number of nitrogens with zero attached hydrogens (tertiary/aromatic N) is 1. The fourth-order valence-electron chi connectivity index (χ4n) is 1.89. The molecule has 2 atom stereocenters. The number of carbonyl (C=O) groups is 1. The molecule has 0 aromatic carbocycles. The Morgan fingerprint density at radius 2 is 2.23 bits per heavy atom. The minimum absolute atomic E-state index is 0.104. The third-order valence-electron chi connectivity index (χ3n) is 2.60. The van der Waals surface area contributed by atoms with Gasteiger partial charge in [0.25, 0.3) is 0 Å². The van der Waals surface area contributed by atoms with Gasteiger partial charge in [-0.1, -0.05) is 26.8 Å². The minimum atomic E-state index is 0.104. The van der Waals surface area contributed by atoms with E-state index < -0.39 is 0 Å². The monoisotopic (exact) mass is 181 g/mol. The van der Waals surface area contributed by atoms with E-state index in [1.165, 1.54) is 0 Å². The van der Waals surface area contributed by atoms with Gasteiger partial charge in [0.2, 0.25) is 5.91 Å². The van der Waals surface area contributed by atoms with Crippen LogP contribution in [0.4, 0.5) is 0 Å². The summed E-state index contributed by atoms with van der Waals surface area (Å²) >= 11 is 0. The van der Waals surface area contributed by atoms with Crippen LogP contribution in [0.1, 0.15) is 27.2 Å². The molecule has 1 rings (SSSR count). The van der Waals surface area contributed by atoms with E-state index in [2.05, 4.69) is 13.5 Å². The van der Waals surface area contributed by atoms with E-state index in [1.807, 2.05) is 24.8 Å². The molecule has 1 fully saturated rings. The van der Waals surface area contributed by atoms with Crippen LogP contribution in [-0.2, 0) is 4.79 Å². The molecule has 1 aliphatic rings. The molecule has 1 aliphatic heterocycles. The summed E-state index contributed by atoms with van der Waals surface area (Å²) in [6, 6.07) is 0.268. The zero-order valence-electron chi connectivity index (χ0n) is 8.79. The summed E-state index contributed by atoms with van der Waals surface area (Å²) in [7, 11) is 0. The summed E-state index contributed by atoms with van der Waals surface area (Å²) in [6.45, 7) is 10.8. The fraction of sp³-hybridized carbons (Fsp3) is 0.727. The van der Waals surface area contributed by atoms with E-state index in [0.29, 0.717) is 5.92 Å². The van der Waals surface area contributed by atoms with Crippen molar-refractivity contribution in [1.82, 2.24) is 4.90 Å². The van der Waals surface area contributed by atoms with Gasteiger partial charge in [-0.25, -0.2) is 0 Å². The predicted octanol–water partition coefficient (Wildman–Crippen LogP) is 2.07. The van der Waals surface area contributed by atoms with E-state index >= 15 is 0 Å². The standard InChI is InChI=1S/C11H19NO/c1-5-10-6-9(4)7-12(10)11(13)8(2)3/h5,8-10H,1,6-7H2,2-4H3. The van der Waals surface area contributed by atoms with Gasteiger partial charge in [-0.3, -0.25) is 4.79 Å². The quantitative estimate of drug-likeness (QED) is 0.597. The van der Waals surface area contributed by atoms with Crippen molar-refractivity contribution in [2.75, 3.05) is 6.54 Å². The molecule has 1 saturated heterocycles. The van der Waals surface area contributed by atoms with Crippen LogP contribution in [0.5, 0.6) is 0 Å². The largest absolute Gasteiger partial charge is 0.336 e. The van der Waals surface area contributed by atoms with Gasteiger partial charge in [0, 0.05) is 12.5 Å². The van der Waals surface area contributed by atoms with Crippen LogP contribution in [-0.4, -0.2) is 23.4 Å². The van der Waals surface area contributed by atoms with E-state index in [9.17, 15) is 4.79 Å². The molecule has 0 bridgehead atoms. The highest BCUT2D eigenvalue weighted by atomic mass is 16.2. The van der Waals surface area contributed by atoms with Gasteiger partial charge in [-0.2, -0.15) is 0 Å². The highest BCUT2D eigenvalue weighted by Crippen LogP contribution is 2.24. The van der Waals surface area contributed by atoms with Crippen LogP contribution < -0.4 is 0 Å². The molecule has 1 amide bonds. The molecular formula is C11H19NO. The molecule has 13 heavy (non-hydrogen) atoms. The van der Waals surface area contributed by atoms with Gasteiger partial charge >= 0.3 is 0 Å². The summed E-state index contributed by atoms with van der Waals surface area (Å²) in [5, 5.41) is 0. The number of likely N-dealkylation sites (tertiary alicyclic amines) is 1. The molecule has 0 aromatic heterocycles.